The Kier molecular flexibility index (Phi) is 6.14. The summed E-state index contributed by atoms with van der Waals surface area (Å²) in [7, 11) is 3.21. The first kappa shape index (κ1) is 16.3. The van der Waals surface area contributed by atoms with Gasteiger partial charge in [-0.2, -0.15) is 0 Å². The van der Waals surface area contributed by atoms with Crippen LogP contribution in [0.25, 0.3) is 0 Å². The Morgan fingerprint density at radius 3 is 2.42 bits per heavy atom. The quantitative estimate of drug-likeness (QED) is 0.759. The predicted octanol–water partition coefficient (Wildman–Crippen LogP) is 4.25. The van der Waals surface area contributed by atoms with Crippen molar-refractivity contribution >= 4 is 15.9 Å². The number of benzene rings is 1. The number of methoxy groups -OCH3 is 2. The zero-order valence-corrected chi connectivity index (χ0v) is 13.7. The standard InChI is InChI=1S/C15H23BrO3/c1-5-6-7-10-15(2,17)11-8-9-12(18-3)13(16)14(11)19-4/h8-9,17H,5-7,10H2,1-4H3. The SMILES string of the molecule is CCCCCC(C)(O)c1ccc(OC)c(Br)c1OC. The fourth-order valence-corrected chi connectivity index (χ4v) is 2.84. The van der Waals surface area contributed by atoms with E-state index in [1.807, 2.05) is 19.1 Å². The second kappa shape index (κ2) is 7.15. The summed E-state index contributed by atoms with van der Waals surface area (Å²) in [5, 5.41) is 10.7. The molecular weight excluding hydrogens is 308 g/mol. The molecule has 0 saturated heterocycles. The maximum Gasteiger partial charge on any atom is 0.142 e. The van der Waals surface area contributed by atoms with Crippen LogP contribution in [-0.4, -0.2) is 19.3 Å². The highest BCUT2D eigenvalue weighted by Crippen LogP contribution is 2.42. The average molecular weight is 331 g/mol. The van der Waals surface area contributed by atoms with Gasteiger partial charge in [-0.15, -0.1) is 0 Å². The van der Waals surface area contributed by atoms with Gasteiger partial charge in [0.05, 0.1) is 19.8 Å². The molecule has 0 aliphatic rings. The maximum atomic E-state index is 10.7. The highest BCUT2D eigenvalue weighted by atomic mass is 79.9. The van der Waals surface area contributed by atoms with Crippen molar-refractivity contribution < 1.29 is 14.6 Å². The van der Waals surface area contributed by atoms with E-state index in [9.17, 15) is 5.11 Å². The molecule has 1 atom stereocenters. The molecule has 0 fully saturated rings. The van der Waals surface area contributed by atoms with Gasteiger partial charge in [0.15, 0.2) is 0 Å². The highest BCUT2D eigenvalue weighted by Gasteiger charge is 2.28. The molecule has 1 unspecified atom stereocenters. The molecule has 0 bridgehead atoms. The Morgan fingerprint density at radius 2 is 1.89 bits per heavy atom. The van der Waals surface area contributed by atoms with E-state index in [0.29, 0.717) is 11.5 Å². The van der Waals surface area contributed by atoms with Crippen LogP contribution < -0.4 is 9.47 Å². The van der Waals surface area contributed by atoms with E-state index >= 15 is 0 Å². The molecule has 19 heavy (non-hydrogen) atoms. The van der Waals surface area contributed by atoms with Gasteiger partial charge in [-0.1, -0.05) is 26.2 Å². The van der Waals surface area contributed by atoms with Gasteiger partial charge >= 0.3 is 0 Å². The minimum Gasteiger partial charge on any atom is -0.495 e. The summed E-state index contributed by atoms with van der Waals surface area (Å²) >= 11 is 3.47. The van der Waals surface area contributed by atoms with Crippen LogP contribution in [0.3, 0.4) is 0 Å². The lowest BCUT2D eigenvalue weighted by Gasteiger charge is -2.27. The molecular formula is C15H23BrO3. The molecule has 0 aliphatic carbocycles. The van der Waals surface area contributed by atoms with Crippen molar-refractivity contribution in [2.45, 2.75) is 45.1 Å². The van der Waals surface area contributed by atoms with Gasteiger partial charge in [0.1, 0.15) is 16.0 Å². The molecule has 0 radical (unpaired) electrons. The molecule has 0 saturated carbocycles. The molecule has 0 heterocycles. The van der Waals surface area contributed by atoms with Gasteiger partial charge in [-0.25, -0.2) is 0 Å². The van der Waals surface area contributed by atoms with Crippen LogP contribution in [0, 0.1) is 0 Å². The number of hydrogen-bond donors (Lipinski definition) is 1. The third-order valence-corrected chi connectivity index (χ3v) is 4.08. The zero-order chi connectivity index (χ0) is 14.5. The van der Waals surface area contributed by atoms with Crippen LogP contribution in [0.2, 0.25) is 0 Å². The van der Waals surface area contributed by atoms with E-state index in [2.05, 4.69) is 22.9 Å². The van der Waals surface area contributed by atoms with Crippen LogP contribution in [0.5, 0.6) is 11.5 Å². The number of halogens is 1. The van der Waals surface area contributed by atoms with Crippen LogP contribution in [0.1, 0.15) is 45.1 Å². The fraction of sp³-hybridized carbons (Fsp3) is 0.600. The summed E-state index contributed by atoms with van der Waals surface area (Å²) in [6.07, 6.45) is 3.97. The second-order valence-corrected chi connectivity index (χ2v) is 5.69. The Hall–Kier alpha value is -0.740. The molecule has 0 amide bonds. The Morgan fingerprint density at radius 1 is 1.21 bits per heavy atom. The summed E-state index contributed by atoms with van der Waals surface area (Å²) in [5.74, 6) is 1.34. The first-order valence-corrected chi connectivity index (χ1v) is 7.40. The van der Waals surface area contributed by atoms with Crippen molar-refractivity contribution in [3.8, 4) is 11.5 Å². The highest BCUT2D eigenvalue weighted by molar-refractivity contribution is 9.10. The molecule has 0 aromatic heterocycles. The summed E-state index contributed by atoms with van der Waals surface area (Å²) in [6, 6.07) is 3.71. The predicted molar refractivity (Wildman–Crippen MR) is 81.0 cm³/mol. The van der Waals surface area contributed by atoms with Gasteiger partial charge in [-0.05, 0) is 41.4 Å². The van der Waals surface area contributed by atoms with Crippen molar-refractivity contribution in [2.24, 2.45) is 0 Å². The lowest BCUT2D eigenvalue weighted by atomic mass is 9.89. The molecule has 1 rings (SSSR count). The van der Waals surface area contributed by atoms with Crippen LogP contribution in [-0.2, 0) is 5.60 Å². The number of ether oxygens (including phenoxy) is 2. The summed E-state index contributed by atoms with van der Waals surface area (Å²) in [6.45, 7) is 3.98. The molecule has 108 valence electrons. The van der Waals surface area contributed by atoms with Gasteiger partial charge < -0.3 is 14.6 Å². The molecule has 1 aromatic rings. The summed E-state index contributed by atoms with van der Waals surface area (Å²) in [5.41, 5.74) is -0.103. The molecule has 0 spiro atoms. The minimum atomic E-state index is -0.894. The van der Waals surface area contributed by atoms with E-state index in [0.717, 1.165) is 35.7 Å². The van der Waals surface area contributed by atoms with Crippen molar-refractivity contribution in [1.82, 2.24) is 0 Å². The number of aliphatic hydroxyl groups is 1. The van der Waals surface area contributed by atoms with E-state index in [-0.39, 0.29) is 0 Å². The lowest BCUT2D eigenvalue weighted by molar-refractivity contribution is 0.0423. The average Bonchev–Trinajstić information content (AvgIpc) is 2.38. The van der Waals surface area contributed by atoms with Crippen molar-refractivity contribution in [2.75, 3.05) is 14.2 Å². The minimum absolute atomic E-state index is 0.640. The third kappa shape index (κ3) is 3.86. The molecule has 1 N–H and O–H groups in total. The van der Waals surface area contributed by atoms with Crippen molar-refractivity contribution in [1.29, 1.82) is 0 Å². The zero-order valence-electron chi connectivity index (χ0n) is 12.1. The maximum absolute atomic E-state index is 10.7. The Labute approximate surface area is 124 Å². The van der Waals surface area contributed by atoms with Gasteiger partial charge in [0.25, 0.3) is 0 Å². The second-order valence-electron chi connectivity index (χ2n) is 4.89. The van der Waals surface area contributed by atoms with E-state index in [4.69, 9.17) is 9.47 Å². The molecule has 0 aliphatic heterocycles. The number of unbranched alkanes of at least 4 members (excludes halogenated alkanes) is 2. The van der Waals surface area contributed by atoms with Crippen LogP contribution >= 0.6 is 15.9 Å². The van der Waals surface area contributed by atoms with E-state index < -0.39 is 5.60 Å². The topological polar surface area (TPSA) is 38.7 Å². The van der Waals surface area contributed by atoms with Gasteiger partial charge in [-0.3, -0.25) is 0 Å². The summed E-state index contributed by atoms with van der Waals surface area (Å²) < 4.78 is 11.4. The lowest BCUT2D eigenvalue weighted by Crippen LogP contribution is -2.22. The monoisotopic (exact) mass is 330 g/mol. The van der Waals surface area contributed by atoms with Crippen LogP contribution in [0.4, 0.5) is 0 Å². The van der Waals surface area contributed by atoms with Crippen molar-refractivity contribution in [3.63, 3.8) is 0 Å². The van der Waals surface area contributed by atoms with E-state index in [1.165, 1.54) is 0 Å². The Balaban J connectivity index is 3.08. The Bertz CT molecular complexity index is 416. The fourth-order valence-electron chi connectivity index (χ4n) is 2.17. The smallest absolute Gasteiger partial charge is 0.142 e. The first-order chi connectivity index (χ1) is 8.97. The largest absolute Gasteiger partial charge is 0.495 e. The molecule has 4 heteroatoms. The van der Waals surface area contributed by atoms with E-state index in [1.54, 1.807) is 14.2 Å². The number of rotatable bonds is 7. The first-order valence-electron chi connectivity index (χ1n) is 6.61. The third-order valence-electron chi connectivity index (χ3n) is 3.33. The molecule has 3 nitrogen and oxygen atoms in total. The normalized spacial score (nSPS) is 14.0. The van der Waals surface area contributed by atoms with Gasteiger partial charge in [0.2, 0.25) is 0 Å². The van der Waals surface area contributed by atoms with Crippen molar-refractivity contribution in [3.05, 3.63) is 22.2 Å². The summed E-state index contributed by atoms with van der Waals surface area (Å²) in [4.78, 5) is 0. The van der Waals surface area contributed by atoms with Gasteiger partial charge in [0, 0.05) is 5.56 Å². The van der Waals surface area contributed by atoms with Crippen LogP contribution in [0.15, 0.2) is 16.6 Å². The molecule has 1 aromatic carbocycles. The number of hydrogen-bond acceptors (Lipinski definition) is 3.